The van der Waals surface area contributed by atoms with Gasteiger partial charge in [-0.1, -0.05) is 6.92 Å². The summed E-state index contributed by atoms with van der Waals surface area (Å²) in [6.07, 6.45) is 6.59. The Morgan fingerprint density at radius 2 is 2.50 bits per heavy atom. The van der Waals surface area contributed by atoms with Crippen molar-refractivity contribution in [1.29, 1.82) is 0 Å². The third kappa shape index (κ3) is 1.36. The molecule has 1 rings (SSSR count). The molecule has 1 atom stereocenters. The van der Waals surface area contributed by atoms with Crippen LogP contribution in [0.4, 0.5) is 0 Å². The first-order valence-electron chi connectivity index (χ1n) is 3.56. The second-order valence-electron chi connectivity index (χ2n) is 2.31. The minimum absolute atomic E-state index is 0.419. The molecule has 3 nitrogen and oxygen atoms in total. The van der Waals surface area contributed by atoms with Gasteiger partial charge in [0.2, 0.25) is 0 Å². The minimum Gasteiger partial charge on any atom is -0.333 e. The number of hydrogen-bond donors (Lipinski definition) is 1. The van der Waals surface area contributed by atoms with Crippen LogP contribution in [0.25, 0.3) is 0 Å². The van der Waals surface area contributed by atoms with Crippen molar-refractivity contribution < 1.29 is 0 Å². The molecule has 1 aromatic heterocycles. The highest BCUT2D eigenvalue weighted by Gasteiger charge is 2.02. The third-order valence-electron chi connectivity index (χ3n) is 1.69. The molecule has 0 aliphatic heterocycles. The lowest BCUT2D eigenvalue weighted by Gasteiger charge is -2.12. The first-order chi connectivity index (χ1) is 4.88. The second-order valence-corrected chi connectivity index (χ2v) is 2.31. The number of nitrogens with zero attached hydrogens (tertiary/aromatic N) is 2. The molecule has 10 heavy (non-hydrogen) atoms. The number of nitrogens with two attached hydrogens (primary N) is 1. The van der Waals surface area contributed by atoms with Crippen molar-refractivity contribution in [2.24, 2.45) is 5.73 Å². The molecular weight excluding hydrogens is 126 g/mol. The predicted molar refractivity (Wildman–Crippen MR) is 40.6 cm³/mol. The van der Waals surface area contributed by atoms with Crippen molar-refractivity contribution in [3.05, 3.63) is 18.7 Å². The largest absolute Gasteiger partial charge is 0.333 e. The molecule has 0 aliphatic rings. The standard InChI is InChI=1S/C7H13N3/c1-2-7(5-8)10-4-3-9-6-10/h3-4,6-7H,2,5,8H2,1H3. The van der Waals surface area contributed by atoms with E-state index in [1.165, 1.54) is 0 Å². The van der Waals surface area contributed by atoms with Crippen LogP contribution in [-0.2, 0) is 0 Å². The number of imidazole rings is 1. The fraction of sp³-hybridized carbons (Fsp3) is 0.571. The van der Waals surface area contributed by atoms with Gasteiger partial charge in [-0.2, -0.15) is 0 Å². The van der Waals surface area contributed by atoms with Crippen molar-refractivity contribution in [2.75, 3.05) is 6.54 Å². The first kappa shape index (κ1) is 7.28. The minimum atomic E-state index is 0.419. The third-order valence-corrected chi connectivity index (χ3v) is 1.69. The van der Waals surface area contributed by atoms with Gasteiger partial charge < -0.3 is 10.3 Å². The summed E-state index contributed by atoms with van der Waals surface area (Å²) in [4.78, 5) is 3.95. The summed E-state index contributed by atoms with van der Waals surface area (Å²) in [6.45, 7) is 2.81. The van der Waals surface area contributed by atoms with Crippen LogP contribution in [0.2, 0.25) is 0 Å². The molecule has 0 radical (unpaired) electrons. The van der Waals surface area contributed by atoms with Gasteiger partial charge >= 0.3 is 0 Å². The zero-order chi connectivity index (χ0) is 7.40. The van der Waals surface area contributed by atoms with Gasteiger partial charge in [0.05, 0.1) is 6.33 Å². The Kier molecular flexibility index (Phi) is 2.45. The summed E-state index contributed by atoms with van der Waals surface area (Å²) in [5.74, 6) is 0. The summed E-state index contributed by atoms with van der Waals surface area (Å²) in [5.41, 5.74) is 5.53. The summed E-state index contributed by atoms with van der Waals surface area (Å²) in [7, 11) is 0. The molecule has 0 bridgehead atoms. The van der Waals surface area contributed by atoms with Gasteiger partial charge in [0.15, 0.2) is 0 Å². The lowest BCUT2D eigenvalue weighted by molar-refractivity contribution is 0.496. The number of rotatable bonds is 3. The van der Waals surface area contributed by atoms with Gasteiger partial charge in [0.25, 0.3) is 0 Å². The van der Waals surface area contributed by atoms with Gasteiger partial charge in [-0.3, -0.25) is 0 Å². The molecule has 56 valence electrons. The molecule has 0 saturated heterocycles. The van der Waals surface area contributed by atoms with E-state index in [4.69, 9.17) is 5.73 Å². The lowest BCUT2D eigenvalue weighted by Crippen LogP contribution is -2.16. The van der Waals surface area contributed by atoms with E-state index in [1.54, 1.807) is 12.5 Å². The van der Waals surface area contributed by atoms with Gasteiger partial charge in [-0.05, 0) is 6.42 Å². The van der Waals surface area contributed by atoms with Crippen LogP contribution in [0.1, 0.15) is 19.4 Å². The maximum absolute atomic E-state index is 5.53. The highest BCUT2D eigenvalue weighted by atomic mass is 15.1. The fourth-order valence-corrected chi connectivity index (χ4v) is 0.985. The normalized spacial score (nSPS) is 13.4. The Hall–Kier alpha value is -0.830. The summed E-state index contributed by atoms with van der Waals surface area (Å²) in [5, 5.41) is 0. The van der Waals surface area contributed by atoms with Crippen molar-refractivity contribution in [1.82, 2.24) is 9.55 Å². The molecule has 0 spiro atoms. The molecule has 0 aliphatic carbocycles. The highest BCUT2D eigenvalue weighted by molar-refractivity contribution is 4.80. The van der Waals surface area contributed by atoms with Crippen LogP contribution in [-0.4, -0.2) is 16.1 Å². The summed E-state index contributed by atoms with van der Waals surface area (Å²) >= 11 is 0. The molecule has 1 unspecified atom stereocenters. The Bertz CT molecular complexity index is 165. The molecule has 0 fully saturated rings. The Labute approximate surface area is 60.9 Å². The second kappa shape index (κ2) is 3.37. The molecule has 1 aromatic rings. The molecule has 1 heterocycles. The molecule has 0 aromatic carbocycles. The van der Waals surface area contributed by atoms with Crippen molar-refractivity contribution >= 4 is 0 Å². The fourth-order valence-electron chi connectivity index (χ4n) is 0.985. The van der Waals surface area contributed by atoms with Crippen LogP contribution < -0.4 is 5.73 Å². The van der Waals surface area contributed by atoms with Crippen LogP contribution in [0.15, 0.2) is 18.7 Å². The Morgan fingerprint density at radius 1 is 1.70 bits per heavy atom. The van der Waals surface area contributed by atoms with E-state index < -0.39 is 0 Å². The van der Waals surface area contributed by atoms with E-state index >= 15 is 0 Å². The maximum atomic E-state index is 5.53. The number of hydrogen-bond acceptors (Lipinski definition) is 2. The topological polar surface area (TPSA) is 43.8 Å². The van der Waals surface area contributed by atoms with Crippen LogP contribution in [0.5, 0.6) is 0 Å². The first-order valence-corrected chi connectivity index (χ1v) is 3.56. The Balaban J connectivity index is 2.64. The van der Waals surface area contributed by atoms with E-state index in [1.807, 2.05) is 10.8 Å². The van der Waals surface area contributed by atoms with E-state index in [0.717, 1.165) is 6.42 Å². The van der Waals surface area contributed by atoms with Crippen molar-refractivity contribution in [3.8, 4) is 0 Å². The average molecular weight is 139 g/mol. The van der Waals surface area contributed by atoms with Gasteiger partial charge in [-0.15, -0.1) is 0 Å². The van der Waals surface area contributed by atoms with E-state index in [9.17, 15) is 0 Å². The predicted octanol–water partition coefficient (Wildman–Crippen LogP) is 0.793. The maximum Gasteiger partial charge on any atom is 0.0948 e. The highest BCUT2D eigenvalue weighted by Crippen LogP contribution is 2.06. The average Bonchev–Trinajstić information content (AvgIpc) is 2.43. The number of aromatic nitrogens is 2. The molecular formula is C7H13N3. The van der Waals surface area contributed by atoms with E-state index in [-0.39, 0.29) is 0 Å². The summed E-state index contributed by atoms with van der Waals surface area (Å²) < 4.78 is 2.04. The molecule has 2 N–H and O–H groups in total. The van der Waals surface area contributed by atoms with Gasteiger partial charge in [0, 0.05) is 25.0 Å². The monoisotopic (exact) mass is 139 g/mol. The van der Waals surface area contributed by atoms with Crippen LogP contribution in [0.3, 0.4) is 0 Å². The lowest BCUT2D eigenvalue weighted by atomic mass is 10.2. The van der Waals surface area contributed by atoms with Gasteiger partial charge in [-0.25, -0.2) is 4.98 Å². The zero-order valence-electron chi connectivity index (χ0n) is 6.20. The quantitative estimate of drug-likeness (QED) is 0.673. The van der Waals surface area contributed by atoms with Crippen LogP contribution >= 0.6 is 0 Å². The van der Waals surface area contributed by atoms with Crippen molar-refractivity contribution in [3.63, 3.8) is 0 Å². The van der Waals surface area contributed by atoms with Crippen LogP contribution in [0, 0.1) is 0 Å². The van der Waals surface area contributed by atoms with E-state index in [2.05, 4.69) is 11.9 Å². The molecule has 0 saturated carbocycles. The van der Waals surface area contributed by atoms with Crippen molar-refractivity contribution in [2.45, 2.75) is 19.4 Å². The SMILES string of the molecule is CCC(CN)n1ccnc1. The van der Waals surface area contributed by atoms with E-state index in [0.29, 0.717) is 12.6 Å². The summed E-state index contributed by atoms with van der Waals surface area (Å²) in [6, 6.07) is 0.419. The molecule has 0 amide bonds. The Morgan fingerprint density at radius 3 is 2.90 bits per heavy atom. The molecule has 3 heteroatoms. The smallest absolute Gasteiger partial charge is 0.0948 e. The van der Waals surface area contributed by atoms with Gasteiger partial charge in [0.1, 0.15) is 0 Å². The zero-order valence-corrected chi connectivity index (χ0v) is 6.20.